The van der Waals surface area contributed by atoms with Crippen molar-refractivity contribution in [3.8, 4) is 0 Å². The Bertz CT molecular complexity index is 988. The molecule has 1 aromatic carbocycles. The number of imidazole rings is 2. The third kappa shape index (κ3) is 8.94. The first kappa shape index (κ1) is 26.1. The minimum absolute atomic E-state index is 0.626. The van der Waals surface area contributed by atoms with Crippen molar-refractivity contribution < 1.29 is 9.47 Å². The van der Waals surface area contributed by atoms with E-state index in [0.29, 0.717) is 5.92 Å². The zero-order valence-electron chi connectivity index (χ0n) is 22.1. The minimum Gasteiger partial charge on any atom is -0.337 e. The van der Waals surface area contributed by atoms with Gasteiger partial charge in [-0.1, -0.05) is 18.2 Å². The molecule has 0 saturated carbocycles. The SMILES string of the molecule is CN(/N=C/C1CC[NH+](CCCCCC[n+]2ccn(CCCCn3ccnc3)c2)CC1)c1ccccc1. The normalized spacial score (nSPS) is 18.1. The first-order valence-corrected chi connectivity index (χ1v) is 13.9. The van der Waals surface area contributed by atoms with E-state index in [0.717, 1.165) is 25.3 Å². The largest absolute Gasteiger partial charge is 0.337 e. The van der Waals surface area contributed by atoms with Gasteiger partial charge in [-0.3, -0.25) is 5.01 Å². The molecule has 36 heavy (non-hydrogen) atoms. The molecule has 2 aromatic heterocycles. The summed E-state index contributed by atoms with van der Waals surface area (Å²) in [6.07, 6.45) is 24.9. The second-order valence-corrected chi connectivity index (χ2v) is 10.3. The van der Waals surface area contributed by atoms with Crippen LogP contribution in [0.5, 0.6) is 0 Å². The minimum atomic E-state index is 0.626. The van der Waals surface area contributed by atoms with Crippen molar-refractivity contribution in [2.45, 2.75) is 71.0 Å². The lowest BCUT2D eigenvalue weighted by molar-refractivity contribution is -0.905. The van der Waals surface area contributed by atoms with Crippen LogP contribution in [0, 0.1) is 5.92 Å². The molecule has 3 heterocycles. The number of nitrogens with one attached hydrogen (secondary N) is 1. The summed E-state index contributed by atoms with van der Waals surface area (Å²) in [4.78, 5) is 5.89. The highest BCUT2D eigenvalue weighted by Crippen LogP contribution is 2.13. The summed E-state index contributed by atoms with van der Waals surface area (Å²) in [5.74, 6) is 0.626. The van der Waals surface area contributed by atoms with Gasteiger partial charge in [0.1, 0.15) is 12.4 Å². The smallest absolute Gasteiger partial charge is 0.243 e. The Labute approximate surface area is 217 Å². The van der Waals surface area contributed by atoms with Gasteiger partial charge in [0.2, 0.25) is 6.33 Å². The molecule has 3 aromatic rings. The molecule has 0 aliphatic carbocycles. The summed E-state index contributed by atoms with van der Waals surface area (Å²) >= 11 is 0. The molecule has 1 aliphatic heterocycles. The van der Waals surface area contributed by atoms with Gasteiger partial charge in [-0.2, -0.15) is 5.10 Å². The van der Waals surface area contributed by atoms with Crippen molar-refractivity contribution in [2.75, 3.05) is 31.7 Å². The molecule has 4 rings (SSSR count). The summed E-state index contributed by atoms with van der Waals surface area (Å²) in [5, 5.41) is 6.67. The van der Waals surface area contributed by atoms with Crippen LogP contribution >= 0.6 is 0 Å². The molecule has 0 unspecified atom stereocenters. The Morgan fingerprint density at radius 3 is 2.56 bits per heavy atom. The lowest BCUT2D eigenvalue weighted by Crippen LogP contribution is -3.13. The molecule has 1 N–H and O–H groups in total. The summed E-state index contributed by atoms with van der Waals surface area (Å²) in [6, 6.07) is 10.4. The molecule has 1 aliphatic rings. The molecule has 1 fully saturated rings. The van der Waals surface area contributed by atoms with E-state index >= 15 is 0 Å². The zero-order valence-corrected chi connectivity index (χ0v) is 22.1. The number of piperidine rings is 1. The van der Waals surface area contributed by atoms with Crippen LogP contribution in [0.4, 0.5) is 5.69 Å². The molecule has 7 nitrogen and oxygen atoms in total. The lowest BCUT2D eigenvalue weighted by Gasteiger charge is -2.27. The van der Waals surface area contributed by atoms with Gasteiger partial charge in [0.25, 0.3) is 0 Å². The van der Waals surface area contributed by atoms with Crippen molar-refractivity contribution in [3.63, 3.8) is 0 Å². The van der Waals surface area contributed by atoms with Crippen molar-refractivity contribution in [3.05, 3.63) is 67.8 Å². The molecule has 0 amide bonds. The van der Waals surface area contributed by atoms with Crippen LogP contribution in [0.1, 0.15) is 51.4 Å². The Hall–Kier alpha value is -2.93. The standard InChI is InChI=1S/C29H44N7/c1-32(29-11-5-4-6-12-29)31-25-28-13-20-33(21-14-28)16-7-2-3-8-18-35-23-24-36(27-35)19-10-9-17-34-22-15-30-26-34/h4-6,11-12,15,22-28H,2-3,7-10,13-14,16-21H2,1H3/q+1/p+1/b31-25+. The highest BCUT2D eigenvalue weighted by Gasteiger charge is 2.20. The highest BCUT2D eigenvalue weighted by atomic mass is 15.4. The van der Waals surface area contributed by atoms with Crippen LogP contribution in [0.3, 0.4) is 0 Å². The fraction of sp³-hybridized carbons (Fsp3) is 0.552. The van der Waals surface area contributed by atoms with E-state index in [-0.39, 0.29) is 0 Å². The van der Waals surface area contributed by atoms with Gasteiger partial charge in [-0.05, 0) is 50.7 Å². The van der Waals surface area contributed by atoms with Crippen LogP contribution < -0.4 is 14.5 Å². The number of unbranched alkanes of at least 4 members (excludes halogenated alkanes) is 4. The summed E-state index contributed by atoms with van der Waals surface area (Å²) < 4.78 is 6.83. The van der Waals surface area contributed by atoms with Gasteiger partial charge in [0.15, 0.2) is 0 Å². The number of aromatic nitrogens is 4. The summed E-state index contributed by atoms with van der Waals surface area (Å²) in [7, 11) is 2.03. The number of hydrogen-bond acceptors (Lipinski definition) is 3. The number of rotatable bonds is 15. The van der Waals surface area contributed by atoms with Crippen LogP contribution in [-0.2, 0) is 19.6 Å². The van der Waals surface area contributed by atoms with E-state index in [1.807, 2.05) is 36.8 Å². The van der Waals surface area contributed by atoms with E-state index in [9.17, 15) is 0 Å². The molecule has 1 saturated heterocycles. The second-order valence-electron chi connectivity index (χ2n) is 10.3. The number of benzene rings is 1. The van der Waals surface area contributed by atoms with Crippen LogP contribution in [-0.4, -0.2) is 47.0 Å². The van der Waals surface area contributed by atoms with Gasteiger partial charge >= 0.3 is 0 Å². The predicted octanol–water partition coefficient (Wildman–Crippen LogP) is 3.43. The zero-order chi connectivity index (χ0) is 24.8. The lowest BCUT2D eigenvalue weighted by atomic mass is 9.98. The van der Waals surface area contributed by atoms with Gasteiger partial charge in [-0.25, -0.2) is 14.1 Å². The first-order valence-electron chi connectivity index (χ1n) is 13.9. The molecule has 194 valence electrons. The molecule has 0 bridgehead atoms. The van der Waals surface area contributed by atoms with Crippen molar-refractivity contribution in [1.29, 1.82) is 0 Å². The van der Waals surface area contributed by atoms with Gasteiger partial charge < -0.3 is 9.47 Å². The number of likely N-dealkylation sites (tertiary alicyclic amines) is 1. The number of hydrogen-bond donors (Lipinski definition) is 1. The second kappa shape index (κ2) is 14.6. The number of para-hydroxylation sites is 1. The van der Waals surface area contributed by atoms with E-state index in [1.54, 1.807) is 4.90 Å². The van der Waals surface area contributed by atoms with Crippen molar-refractivity contribution in [2.24, 2.45) is 11.0 Å². The maximum absolute atomic E-state index is 4.69. The average Bonchev–Trinajstić information content (AvgIpc) is 3.61. The van der Waals surface area contributed by atoms with Crippen molar-refractivity contribution in [1.82, 2.24) is 14.1 Å². The van der Waals surface area contributed by atoms with E-state index < -0.39 is 0 Å². The fourth-order valence-corrected chi connectivity index (χ4v) is 5.09. The summed E-state index contributed by atoms with van der Waals surface area (Å²) in [6.45, 7) is 7.20. The number of aryl methyl sites for hydroxylation is 3. The molecule has 0 atom stereocenters. The van der Waals surface area contributed by atoms with E-state index in [1.165, 1.54) is 71.0 Å². The Morgan fingerprint density at radius 1 is 1.00 bits per heavy atom. The summed E-state index contributed by atoms with van der Waals surface area (Å²) in [5.41, 5.74) is 1.14. The third-order valence-electron chi connectivity index (χ3n) is 7.40. The predicted molar refractivity (Wildman–Crippen MR) is 146 cm³/mol. The van der Waals surface area contributed by atoms with Gasteiger partial charge in [0, 0.05) is 51.0 Å². The maximum atomic E-state index is 4.69. The van der Waals surface area contributed by atoms with Gasteiger partial charge in [0.05, 0.1) is 44.7 Å². The molecule has 0 spiro atoms. The van der Waals surface area contributed by atoms with E-state index in [2.05, 4.69) is 73.0 Å². The molecule has 7 heteroatoms. The highest BCUT2D eigenvalue weighted by molar-refractivity contribution is 5.63. The number of hydrazone groups is 1. The van der Waals surface area contributed by atoms with Crippen LogP contribution in [0.25, 0.3) is 0 Å². The Morgan fingerprint density at radius 2 is 1.78 bits per heavy atom. The molecule has 0 radical (unpaired) electrons. The first-order chi connectivity index (χ1) is 17.8. The van der Waals surface area contributed by atoms with Gasteiger partial charge in [-0.15, -0.1) is 0 Å². The average molecular weight is 492 g/mol. The monoisotopic (exact) mass is 491 g/mol. The molecular weight excluding hydrogens is 446 g/mol. The van der Waals surface area contributed by atoms with Crippen LogP contribution in [0.15, 0.2) is 72.9 Å². The number of nitrogens with zero attached hydrogens (tertiary/aromatic N) is 6. The maximum Gasteiger partial charge on any atom is 0.243 e. The quantitative estimate of drug-likeness (QED) is 0.153. The third-order valence-corrected chi connectivity index (χ3v) is 7.40. The fourth-order valence-electron chi connectivity index (χ4n) is 5.09. The van der Waals surface area contributed by atoms with Crippen LogP contribution in [0.2, 0.25) is 0 Å². The Kier molecular flexibility index (Phi) is 10.6. The van der Waals surface area contributed by atoms with Crippen molar-refractivity contribution >= 4 is 11.9 Å². The number of anilines is 1. The molecular formula is C29H45N7+2. The number of quaternary nitrogens is 1. The van der Waals surface area contributed by atoms with E-state index in [4.69, 9.17) is 0 Å². The Balaban J connectivity index is 1.00. The topological polar surface area (TPSA) is 46.7 Å².